The molecule has 3 atom stereocenters. The van der Waals surface area contributed by atoms with E-state index >= 15 is 0 Å². The number of rotatable bonds is 4. The van der Waals surface area contributed by atoms with Crippen molar-refractivity contribution in [2.24, 2.45) is 28.0 Å². The molecule has 3 rings (SSSR count). The van der Waals surface area contributed by atoms with E-state index in [0.29, 0.717) is 29.9 Å². The number of thioether (sulfide) groups is 1. The van der Waals surface area contributed by atoms with Crippen LogP contribution in [0.4, 0.5) is 0 Å². The summed E-state index contributed by atoms with van der Waals surface area (Å²) < 4.78 is 0. The molecule has 6 heteroatoms. The van der Waals surface area contributed by atoms with Crippen LogP contribution in [0, 0.1) is 28.6 Å². The van der Waals surface area contributed by atoms with Crippen molar-refractivity contribution in [3.8, 4) is 6.07 Å². The minimum absolute atomic E-state index is 0.0978. The quantitative estimate of drug-likeness (QED) is 0.827. The number of allylic oxidation sites excluding steroid dienone is 2. The second-order valence-electron chi connectivity index (χ2n) is 8.18. The van der Waals surface area contributed by atoms with Gasteiger partial charge in [0, 0.05) is 23.6 Å². The fourth-order valence-electron chi connectivity index (χ4n) is 4.09. The minimum atomic E-state index is -0.622. The summed E-state index contributed by atoms with van der Waals surface area (Å²) >= 11 is 1.24. The molecule has 1 aliphatic carbocycles. The van der Waals surface area contributed by atoms with Crippen LogP contribution in [0.5, 0.6) is 0 Å². The van der Waals surface area contributed by atoms with Gasteiger partial charge in [0.15, 0.2) is 5.78 Å². The van der Waals surface area contributed by atoms with E-state index in [1.165, 1.54) is 11.8 Å². The number of Topliss-reactive ketones (excluding diaryl/α,β-unsaturated/α-hetero) is 1. The number of hydrogen-bond donors (Lipinski definition) is 1. The highest BCUT2D eigenvalue weighted by molar-refractivity contribution is 8.14. The fraction of sp³-hybridized carbons (Fsp3) is 0.455. The first kappa shape index (κ1) is 20.3. The molecule has 2 N–H and O–H groups in total. The molecule has 1 amide bonds. The Morgan fingerprint density at radius 2 is 2.04 bits per heavy atom. The molecule has 0 saturated carbocycles. The summed E-state index contributed by atoms with van der Waals surface area (Å²) in [6, 6.07) is 11.6. The summed E-state index contributed by atoms with van der Waals surface area (Å²) in [5, 5.41) is 9.84. The Hall–Kier alpha value is -2.39. The second-order valence-corrected chi connectivity index (χ2v) is 9.31. The molecule has 2 aliphatic rings. The number of nitriles is 1. The van der Waals surface area contributed by atoms with Crippen molar-refractivity contribution >= 4 is 28.5 Å². The van der Waals surface area contributed by atoms with Gasteiger partial charge in [-0.1, -0.05) is 62.9 Å². The number of carbonyl (C=O) groups is 2. The van der Waals surface area contributed by atoms with E-state index in [4.69, 9.17) is 10.7 Å². The van der Waals surface area contributed by atoms with Crippen molar-refractivity contribution < 1.29 is 9.59 Å². The molecule has 0 aromatic heterocycles. The van der Waals surface area contributed by atoms with Gasteiger partial charge in [-0.05, 0) is 23.8 Å². The summed E-state index contributed by atoms with van der Waals surface area (Å²) in [7, 11) is 0. The number of ketones is 1. The van der Waals surface area contributed by atoms with Crippen molar-refractivity contribution in [2.75, 3.05) is 0 Å². The molecule has 0 spiro atoms. The van der Waals surface area contributed by atoms with Crippen LogP contribution in [-0.2, 0) is 9.59 Å². The van der Waals surface area contributed by atoms with Gasteiger partial charge in [0.2, 0.25) is 5.91 Å². The van der Waals surface area contributed by atoms with Crippen LogP contribution < -0.4 is 5.73 Å². The molecule has 0 radical (unpaired) electrons. The van der Waals surface area contributed by atoms with Crippen molar-refractivity contribution in [1.82, 2.24) is 0 Å². The number of amides is 1. The molecule has 1 aromatic carbocycles. The molecule has 5 nitrogen and oxygen atoms in total. The van der Waals surface area contributed by atoms with Gasteiger partial charge in [-0.15, -0.1) is 0 Å². The van der Waals surface area contributed by atoms with Crippen molar-refractivity contribution in [1.29, 1.82) is 5.26 Å². The Morgan fingerprint density at radius 1 is 1.36 bits per heavy atom. The van der Waals surface area contributed by atoms with Crippen LogP contribution in [-0.4, -0.2) is 16.7 Å². The van der Waals surface area contributed by atoms with Gasteiger partial charge in [0.05, 0.1) is 11.1 Å². The van der Waals surface area contributed by atoms with Gasteiger partial charge >= 0.3 is 0 Å². The lowest BCUT2D eigenvalue weighted by atomic mass is 9.69. The average molecular weight is 396 g/mol. The number of benzene rings is 1. The first-order valence-electron chi connectivity index (χ1n) is 9.52. The van der Waals surface area contributed by atoms with E-state index in [2.05, 4.69) is 19.9 Å². The van der Waals surface area contributed by atoms with Gasteiger partial charge in [-0.3, -0.25) is 9.59 Å². The molecule has 0 fully saturated rings. The van der Waals surface area contributed by atoms with Gasteiger partial charge in [-0.2, -0.15) is 5.26 Å². The summed E-state index contributed by atoms with van der Waals surface area (Å²) in [6.07, 6.45) is 1.85. The van der Waals surface area contributed by atoms with Crippen LogP contribution in [0.25, 0.3) is 0 Å². The second kappa shape index (κ2) is 7.92. The van der Waals surface area contributed by atoms with E-state index in [-0.39, 0.29) is 17.1 Å². The topological polar surface area (TPSA) is 96.3 Å². The SMILES string of the molecule is CC[C@@H]1C2=C(CC(C)(C)CC2=O)N=C(S[C@H](C(N)=O)c2ccccc2)C1C#N. The van der Waals surface area contributed by atoms with Gasteiger partial charge in [-0.25, -0.2) is 4.99 Å². The minimum Gasteiger partial charge on any atom is -0.368 e. The number of carbonyl (C=O) groups excluding carboxylic acids is 2. The predicted octanol–water partition coefficient (Wildman–Crippen LogP) is 4.17. The molecule has 0 saturated heterocycles. The molecule has 1 aromatic rings. The smallest absolute Gasteiger partial charge is 0.235 e. The van der Waals surface area contributed by atoms with Crippen LogP contribution in [0.1, 0.15) is 50.8 Å². The Kier molecular flexibility index (Phi) is 5.76. The lowest BCUT2D eigenvalue weighted by molar-refractivity contribution is -0.119. The molecule has 0 bridgehead atoms. The highest BCUT2D eigenvalue weighted by Gasteiger charge is 2.43. The molecule has 1 heterocycles. The van der Waals surface area contributed by atoms with Crippen LogP contribution in [0.15, 0.2) is 46.6 Å². The Balaban J connectivity index is 2.04. The van der Waals surface area contributed by atoms with Crippen molar-refractivity contribution in [3.05, 3.63) is 47.2 Å². The van der Waals surface area contributed by atoms with Crippen LogP contribution in [0.2, 0.25) is 0 Å². The monoisotopic (exact) mass is 395 g/mol. The molecule has 28 heavy (non-hydrogen) atoms. The number of nitrogens with two attached hydrogens (primary N) is 1. The Bertz CT molecular complexity index is 896. The van der Waals surface area contributed by atoms with E-state index in [0.717, 1.165) is 11.3 Å². The first-order chi connectivity index (χ1) is 13.3. The van der Waals surface area contributed by atoms with E-state index in [1.54, 1.807) is 0 Å². The zero-order valence-electron chi connectivity index (χ0n) is 16.4. The molecule has 1 unspecified atom stereocenters. The molecule has 1 aliphatic heterocycles. The van der Waals surface area contributed by atoms with Crippen LogP contribution >= 0.6 is 11.8 Å². The number of nitrogens with zero attached hydrogens (tertiary/aromatic N) is 2. The lowest BCUT2D eigenvalue weighted by Crippen LogP contribution is -2.36. The summed E-state index contributed by atoms with van der Waals surface area (Å²) in [5.41, 5.74) is 7.79. The Labute approximate surface area is 170 Å². The molecular formula is C22H25N3O2S. The zero-order chi connectivity index (χ0) is 20.5. The van der Waals surface area contributed by atoms with Crippen LogP contribution in [0.3, 0.4) is 0 Å². The average Bonchev–Trinajstić information content (AvgIpc) is 2.64. The van der Waals surface area contributed by atoms with Gasteiger partial charge < -0.3 is 5.73 Å². The third kappa shape index (κ3) is 3.90. The highest BCUT2D eigenvalue weighted by Crippen LogP contribution is 2.47. The maximum Gasteiger partial charge on any atom is 0.235 e. The molecule has 146 valence electrons. The van der Waals surface area contributed by atoms with E-state index in [9.17, 15) is 14.9 Å². The standard InChI is InChI=1S/C22H25N3O2S/c1-4-14-15(12-23)21(25-16-10-22(2,3)11-17(26)18(14)16)28-19(20(24)27)13-8-6-5-7-9-13/h5-9,14-15,19H,4,10-11H2,1-3H3,(H2,24,27)/t14-,15?,19-/m0/s1. The van der Waals surface area contributed by atoms with E-state index < -0.39 is 17.1 Å². The third-order valence-electron chi connectivity index (χ3n) is 5.36. The summed E-state index contributed by atoms with van der Waals surface area (Å²) in [5.74, 6) is -1.10. The number of primary amides is 1. The summed E-state index contributed by atoms with van der Waals surface area (Å²) in [4.78, 5) is 29.7. The first-order valence-corrected chi connectivity index (χ1v) is 10.4. The number of aliphatic imine (C=N–C) groups is 1. The maximum atomic E-state index is 12.8. The summed E-state index contributed by atoms with van der Waals surface area (Å²) in [6.45, 7) is 6.11. The highest BCUT2D eigenvalue weighted by atomic mass is 32.2. The lowest BCUT2D eigenvalue weighted by Gasteiger charge is -2.38. The van der Waals surface area contributed by atoms with Gasteiger partial charge in [0.1, 0.15) is 11.2 Å². The molecular weight excluding hydrogens is 370 g/mol. The fourth-order valence-corrected chi connectivity index (χ4v) is 5.26. The zero-order valence-corrected chi connectivity index (χ0v) is 17.3. The predicted molar refractivity (Wildman–Crippen MR) is 111 cm³/mol. The van der Waals surface area contributed by atoms with E-state index in [1.807, 2.05) is 37.3 Å². The maximum absolute atomic E-state index is 12.8. The normalized spacial score (nSPS) is 24.8. The largest absolute Gasteiger partial charge is 0.368 e. The number of hydrogen-bond acceptors (Lipinski definition) is 5. The van der Waals surface area contributed by atoms with Crippen molar-refractivity contribution in [3.63, 3.8) is 0 Å². The Morgan fingerprint density at radius 3 is 2.61 bits per heavy atom. The van der Waals surface area contributed by atoms with Gasteiger partial charge in [0.25, 0.3) is 0 Å². The third-order valence-corrected chi connectivity index (χ3v) is 6.69. The van der Waals surface area contributed by atoms with Crippen molar-refractivity contribution in [2.45, 2.75) is 45.3 Å².